The Labute approximate surface area is 185 Å². The zero-order valence-electron chi connectivity index (χ0n) is 17.4. The molecular weight excluding hydrogens is 444 g/mol. The van der Waals surface area contributed by atoms with E-state index in [9.17, 15) is 9.59 Å². The molecule has 1 N–H and O–H groups in total. The highest BCUT2D eigenvalue weighted by Crippen LogP contribution is 2.71. The molecule has 2 fully saturated rings. The number of hydrogen-bond donors (Lipinski definition) is 1. The summed E-state index contributed by atoms with van der Waals surface area (Å²) in [6.45, 7) is 6.38. The van der Waals surface area contributed by atoms with Crippen molar-refractivity contribution in [3.8, 4) is 0 Å². The van der Waals surface area contributed by atoms with Crippen molar-refractivity contribution < 1.29 is 14.4 Å². The normalized spacial score (nSPS) is 27.8. The van der Waals surface area contributed by atoms with Crippen LogP contribution in [0, 0.1) is 16.2 Å². The molecule has 2 aromatic carbocycles. The van der Waals surface area contributed by atoms with Gasteiger partial charge < -0.3 is 10.2 Å². The number of oxime groups is 1. The lowest BCUT2D eigenvalue weighted by atomic mass is 9.64. The molecule has 1 amide bonds. The largest absolute Gasteiger partial charge is 0.366 e. The molecular formula is C24H25BrN2O3. The Hall–Kier alpha value is -2.47. The fourth-order valence-electron chi connectivity index (χ4n) is 5.07. The van der Waals surface area contributed by atoms with E-state index < -0.39 is 11.4 Å². The molecule has 156 valence electrons. The van der Waals surface area contributed by atoms with Gasteiger partial charge in [0, 0.05) is 22.0 Å². The number of rotatable bonds is 4. The van der Waals surface area contributed by atoms with Gasteiger partial charge in [0.05, 0.1) is 16.7 Å². The van der Waals surface area contributed by atoms with Crippen LogP contribution in [0.5, 0.6) is 0 Å². The summed E-state index contributed by atoms with van der Waals surface area (Å²) in [7, 11) is 0. The average molecular weight is 469 g/mol. The lowest BCUT2D eigenvalue weighted by molar-refractivity contribution is -0.130. The molecule has 2 aliphatic carbocycles. The minimum atomic E-state index is -0.587. The number of hydrogen-bond acceptors (Lipinski definition) is 4. The average Bonchev–Trinajstić information content (AvgIpc) is 3.04. The van der Waals surface area contributed by atoms with E-state index in [1.54, 1.807) is 18.2 Å². The van der Waals surface area contributed by atoms with Crippen LogP contribution in [0.4, 0.5) is 5.69 Å². The van der Waals surface area contributed by atoms with E-state index in [1.807, 2.05) is 36.4 Å². The van der Waals surface area contributed by atoms with Crippen LogP contribution < -0.4 is 5.32 Å². The second kappa shape index (κ2) is 7.34. The molecule has 2 aromatic rings. The molecule has 0 aliphatic heterocycles. The maximum atomic E-state index is 13.4. The first kappa shape index (κ1) is 20.8. The first-order valence-corrected chi connectivity index (χ1v) is 10.9. The van der Waals surface area contributed by atoms with Gasteiger partial charge in [0.2, 0.25) is 5.91 Å². The van der Waals surface area contributed by atoms with Gasteiger partial charge in [-0.1, -0.05) is 56.3 Å². The molecule has 0 spiro atoms. The first-order chi connectivity index (χ1) is 14.2. The van der Waals surface area contributed by atoms with Gasteiger partial charge in [0.25, 0.3) is 0 Å². The smallest absolute Gasteiger partial charge is 0.326 e. The van der Waals surface area contributed by atoms with Gasteiger partial charge in [-0.2, -0.15) is 0 Å². The Bertz CT molecular complexity index is 1030. The summed E-state index contributed by atoms with van der Waals surface area (Å²) in [5.41, 5.74) is 0.767. The summed E-state index contributed by atoms with van der Waals surface area (Å²) in [5, 5.41) is 7.38. The van der Waals surface area contributed by atoms with Gasteiger partial charge in [0.15, 0.2) is 0 Å². The molecule has 0 radical (unpaired) electrons. The highest BCUT2D eigenvalue weighted by molar-refractivity contribution is 9.10. The fourth-order valence-corrected chi connectivity index (χ4v) is 5.51. The van der Waals surface area contributed by atoms with Crippen LogP contribution in [0.25, 0.3) is 0 Å². The Morgan fingerprint density at radius 2 is 1.67 bits per heavy atom. The van der Waals surface area contributed by atoms with E-state index >= 15 is 0 Å². The monoisotopic (exact) mass is 468 g/mol. The van der Waals surface area contributed by atoms with Crippen LogP contribution in [0.3, 0.4) is 0 Å². The highest BCUT2D eigenvalue weighted by atomic mass is 79.9. The van der Waals surface area contributed by atoms with Crippen LogP contribution >= 0.6 is 15.9 Å². The third-order valence-electron chi connectivity index (χ3n) is 7.53. The fraction of sp³-hybridized carbons (Fsp3) is 0.375. The molecule has 0 saturated heterocycles. The molecule has 5 nitrogen and oxygen atoms in total. The zero-order valence-corrected chi connectivity index (χ0v) is 19.0. The van der Waals surface area contributed by atoms with Crippen molar-refractivity contribution in [1.29, 1.82) is 0 Å². The Morgan fingerprint density at radius 1 is 1.00 bits per heavy atom. The standard InChI is InChI=1S/C24H25BrN2O3/c1-22(2)23(3)13-14-24(22,21(29)26-16-9-5-4-6-10-16)15-19(23)27-30-20(28)17-11-7-8-12-18(17)25/h4-12H,13-15H2,1-3H3,(H,26,29). The summed E-state index contributed by atoms with van der Waals surface area (Å²) in [6, 6.07) is 16.6. The van der Waals surface area contributed by atoms with Crippen LogP contribution in [0.1, 0.15) is 50.4 Å². The molecule has 0 aromatic heterocycles. The van der Waals surface area contributed by atoms with Crippen molar-refractivity contribution in [2.75, 3.05) is 5.32 Å². The SMILES string of the molecule is CC12CCC(C(=O)Nc3ccccc3)(CC1=NOC(=O)c1ccccc1Br)C2(C)C. The summed E-state index contributed by atoms with van der Waals surface area (Å²) < 4.78 is 0.661. The van der Waals surface area contributed by atoms with Crippen LogP contribution in [-0.2, 0) is 9.63 Å². The summed E-state index contributed by atoms with van der Waals surface area (Å²) >= 11 is 3.37. The third-order valence-corrected chi connectivity index (χ3v) is 8.22. The topological polar surface area (TPSA) is 67.8 Å². The molecule has 2 saturated carbocycles. The number of carbonyl (C=O) groups is 2. The third kappa shape index (κ3) is 3.00. The number of nitrogens with one attached hydrogen (secondary N) is 1. The van der Waals surface area contributed by atoms with Crippen LogP contribution in [-0.4, -0.2) is 17.6 Å². The van der Waals surface area contributed by atoms with Gasteiger partial charge in [-0.25, -0.2) is 4.79 Å². The molecule has 2 bridgehead atoms. The minimum absolute atomic E-state index is 0.00440. The molecule has 0 heterocycles. The first-order valence-electron chi connectivity index (χ1n) is 10.1. The predicted molar refractivity (Wildman–Crippen MR) is 120 cm³/mol. The molecule has 4 rings (SSSR count). The van der Waals surface area contributed by atoms with Gasteiger partial charge >= 0.3 is 5.97 Å². The Kier molecular flexibility index (Phi) is 5.09. The summed E-state index contributed by atoms with van der Waals surface area (Å²) in [4.78, 5) is 31.3. The van der Waals surface area contributed by atoms with Crippen molar-refractivity contribution in [3.63, 3.8) is 0 Å². The molecule has 30 heavy (non-hydrogen) atoms. The number of carbonyl (C=O) groups excluding carboxylic acids is 2. The zero-order chi connectivity index (χ0) is 21.6. The molecule has 6 heteroatoms. The summed E-state index contributed by atoms with van der Waals surface area (Å²) in [6.07, 6.45) is 2.10. The van der Waals surface area contributed by atoms with Crippen molar-refractivity contribution in [1.82, 2.24) is 0 Å². The van der Waals surface area contributed by atoms with Crippen molar-refractivity contribution in [2.45, 2.75) is 40.0 Å². The van der Waals surface area contributed by atoms with Crippen molar-refractivity contribution in [3.05, 3.63) is 64.6 Å². The van der Waals surface area contributed by atoms with Crippen LogP contribution in [0.2, 0.25) is 0 Å². The Balaban J connectivity index is 1.60. The second-order valence-corrected chi connectivity index (χ2v) is 9.79. The van der Waals surface area contributed by atoms with E-state index in [4.69, 9.17) is 4.84 Å². The van der Waals surface area contributed by atoms with Crippen LogP contribution in [0.15, 0.2) is 64.2 Å². The maximum absolute atomic E-state index is 13.4. The van der Waals surface area contributed by atoms with Gasteiger partial charge in [-0.15, -0.1) is 0 Å². The number of amides is 1. The van der Waals surface area contributed by atoms with E-state index in [0.29, 0.717) is 16.5 Å². The molecule has 2 unspecified atom stereocenters. The summed E-state index contributed by atoms with van der Waals surface area (Å²) in [5.74, 6) is -0.508. The number of anilines is 1. The Morgan fingerprint density at radius 3 is 2.37 bits per heavy atom. The minimum Gasteiger partial charge on any atom is -0.326 e. The number of halogens is 1. The second-order valence-electron chi connectivity index (χ2n) is 8.93. The van der Waals surface area contributed by atoms with Gasteiger partial charge in [-0.3, -0.25) is 4.79 Å². The number of para-hydroxylation sites is 1. The predicted octanol–water partition coefficient (Wildman–Crippen LogP) is 5.82. The molecule has 2 atom stereocenters. The quantitative estimate of drug-likeness (QED) is 0.454. The number of nitrogens with zero attached hydrogens (tertiary/aromatic N) is 1. The lowest BCUT2D eigenvalue weighted by Gasteiger charge is -2.39. The van der Waals surface area contributed by atoms with E-state index in [-0.39, 0.29) is 16.7 Å². The van der Waals surface area contributed by atoms with Crippen molar-refractivity contribution in [2.24, 2.45) is 21.4 Å². The van der Waals surface area contributed by atoms with Gasteiger partial charge in [0.1, 0.15) is 0 Å². The molecule has 2 aliphatic rings. The number of fused-ring (bicyclic) bond motifs is 2. The van der Waals surface area contributed by atoms with Gasteiger partial charge in [-0.05, 0) is 58.5 Å². The maximum Gasteiger partial charge on any atom is 0.366 e. The van der Waals surface area contributed by atoms with E-state index in [0.717, 1.165) is 24.2 Å². The lowest BCUT2D eigenvalue weighted by Crippen LogP contribution is -2.43. The highest BCUT2D eigenvalue weighted by Gasteiger charge is 2.71. The van der Waals surface area contributed by atoms with E-state index in [1.165, 1.54) is 0 Å². The number of benzene rings is 2. The van der Waals surface area contributed by atoms with E-state index in [2.05, 4.69) is 47.2 Å². The van der Waals surface area contributed by atoms with Crippen molar-refractivity contribution >= 4 is 39.2 Å².